The monoisotopic (exact) mass is 214 g/mol. The lowest BCUT2D eigenvalue weighted by Crippen LogP contribution is -2.36. The van der Waals surface area contributed by atoms with Gasteiger partial charge in [0.05, 0.1) is 19.8 Å². The predicted molar refractivity (Wildman–Crippen MR) is 52.0 cm³/mol. The van der Waals surface area contributed by atoms with Crippen LogP contribution in [0, 0.1) is 0 Å². The summed E-state index contributed by atoms with van der Waals surface area (Å²) in [5, 5.41) is 12.9. The Balaban J connectivity index is 2.52. The van der Waals surface area contributed by atoms with Crippen molar-refractivity contribution in [3.05, 3.63) is 10.4 Å². The normalized spacial score (nSPS) is 26.0. The van der Waals surface area contributed by atoms with Gasteiger partial charge in [-0.25, -0.2) is 0 Å². The third kappa shape index (κ3) is 3.39. The maximum atomic E-state index is 11.0. The fourth-order valence-electron chi connectivity index (χ4n) is 1.70. The molecule has 1 N–H and O–H groups in total. The number of ether oxygens (including phenoxy) is 1. The van der Waals surface area contributed by atoms with Gasteiger partial charge in [-0.15, -0.1) is 0 Å². The Hall–Kier alpha value is -1.30. The molecule has 0 aliphatic carbocycles. The van der Waals surface area contributed by atoms with Gasteiger partial charge in [0.25, 0.3) is 0 Å². The highest BCUT2D eigenvalue weighted by atomic mass is 16.5. The van der Waals surface area contributed by atoms with Crippen molar-refractivity contribution in [3.8, 4) is 0 Å². The van der Waals surface area contributed by atoms with Crippen molar-refractivity contribution in [1.29, 1.82) is 0 Å². The van der Waals surface area contributed by atoms with E-state index in [4.69, 9.17) is 5.53 Å². The van der Waals surface area contributed by atoms with Gasteiger partial charge in [0.1, 0.15) is 0 Å². The molecule has 0 aromatic carbocycles. The molecule has 0 radical (unpaired) electrons. The van der Waals surface area contributed by atoms with E-state index in [0.717, 1.165) is 0 Å². The van der Waals surface area contributed by atoms with Crippen LogP contribution in [-0.2, 0) is 9.53 Å². The van der Waals surface area contributed by atoms with E-state index in [9.17, 15) is 9.90 Å². The summed E-state index contributed by atoms with van der Waals surface area (Å²) in [4.78, 5) is 15.5. The summed E-state index contributed by atoms with van der Waals surface area (Å²) in [5.74, 6) is -0.352. The number of methoxy groups -OCH3 is 1. The van der Waals surface area contributed by atoms with Crippen LogP contribution in [0.15, 0.2) is 5.11 Å². The second-order valence-corrected chi connectivity index (χ2v) is 3.46. The lowest BCUT2D eigenvalue weighted by molar-refractivity contribution is -0.142. The number of carbonyl (C=O) groups is 1. The number of β-amino-alcohol motifs (C(OH)–C–C–N with tert-alkyl or cyclic N) is 1. The van der Waals surface area contributed by atoms with Crippen LogP contribution in [0.5, 0.6) is 0 Å². The van der Waals surface area contributed by atoms with Gasteiger partial charge < -0.3 is 9.84 Å². The Morgan fingerprint density at radius 2 is 2.53 bits per heavy atom. The summed E-state index contributed by atoms with van der Waals surface area (Å²) >= 11 is 0. The summed E-state index contributed by atoms with van der Waals surface area (Å²) in [6.07, 6.45) is 0.0595. The molecule has 1 saturated heterocycles. The van der Waals surface area contributed by atoms with Gasteiger partial charge >= 0.3 is 5.97 Å². The van der Waals surface area contributed by atoms with Crippen LogP contribution in [0.2, 0.25) is 0 Å². The zero-order valence-electron chi connectivity index (χ0n) is 8.54. The lowest BCUT2D eigenvalue weighted by Gasteiger charge is -2.20. The molecule has 7 heteroatoms. The number of rotatable bonds is 4. The Morgan fingerprint density at radius 1 is 1.80 bits per heavy atom. The van der Waals surface area contributed by atoms with Crippen LogP contribution in [-0.4, -0.2) is 54.9 Å². The van der Waals surface area contributed by atoms with E-state index < -0.39 is 6.10 Å². The Morgan fingerprint density at radius 3 is 3.13 bits per heavy atom. The zero-order chi connectivity index (χ0) is 11.3. The Labute approximate surface area is 87.3 Å². The highest BCUT2D eigenvalue weighted by Gasteiger charge is 2.31. The predicted octanol–water partition coefficient (Wildman–Crippen LogP) is -0.0951. The van der Waals surface area contributed by atoms with Gasteiger partial charge in [0.15, 0.2) is 0 Å². The minimum absolute atomic E-state index is 0.0741. The lowest BCUT2D eigenvalue weighted by atomic mass is 10.2. The molecule has 0 amide bonds. The molecule has 1 aliphatic rings. The largest absolute Gasteiger partial charge is 0.468 e. The molecule has 0 bridgehead atoms. The van der Waals surface area contributed by atoms with E-state index in [0.29, 0.717) is 13.0 Å². The van der Waals surface area contributed by atoms with Crippen molar-refractivity contribution in [2.75, 3.05) is 26.7 Å². The van der Waals surface area contributed by atoms with Crippen molar-refractivity contribution in [2.45, 2.75) is 18.6 Å². The van der Waals surface area contributed by atoms with Crippen molar-refractivity contribution < 1.29 is 14.6 Å². The number of likely N-dealkylation sites (tertiary alicyclic amines) is 1. The smallest absolute Gasteiger partial charge is 0.319 e. The minimum Gasteiger partial charge on any atom is -0.468 e. The van der Waals surface area contributed by atoms with Gasteiger partial charge in [-0.1, -0.05) is 5.11 Å². The van der Waals surface area contributed by atoms with E-state index in [1.807, 2.05) is 0 Å². The summed E-state index contributed by atoms with van der Waals surface area (Å²) in [7, 11) is 1.32. The molecule has 15 heavy (non-hydrogen) atoms. The highest BCUT2D eigenvalue weighted by Crippen LogP contribution is 2.17. The first kappa shape index (κ1) is 11.8. The van der Waals surface area contributed by atoms with Crippen LogP contribution < -0.4 is 0 Å². The van der Waals surface area contributed by atoms with Crippen LogP contribution in [0.25, 0.3) is 10.4 Å². The number of aliphatic hydroxyl groups excluding tert-OH is 1. The third-order valence-corrected chi connectivity index (χ3v) is 2.42. The van der Waals surface area contributed by atoms with Crippen LogP contribution in [0.1, 0.15) is 6.42 Å². The molecule has 1 fully saturated rings. The molecule has 0 aromatic heterocycles. The maximum absolute atomic E-state index is 11.0. The maximum Gasteiger partial charge on any atom is 0.319 e. The molecule has 2 atom stereocenters. The Kier molecular flexibility index (Phi) is 4.36. The minimum atomic E-state index is -0.464. The number of aliphatic hydroxyl groups is 1. The molecule has 84 valence electrons. The van der Waals surface area contributed by atoms with E-state index in [1.165, 1.54) is 7.11 Å². The Bertz CT molecular complexity index is 277. The second kappa shape index (κ2) is 5.55. The van der Waals surface area contributed by atoms with E-state index in [1.54, 1.807) is 4.90 Å². The molecule has 0 spiro atoms. The summed E-state index contributed by atoms with van der Waals surface area (Å²) < 4.78 is 4.53. The quantitative estimate of drug-likeness (QED) is 0.306. The first-order chi connectivity index (χ1) is 7.17. The summed E-state index contributed by atoms with van der Waals surface area (Å²) in [5.41, 5.74) is 8.19. The van der Waals surface area contributed by atoms with Gasteiger partial charge in [-0.2, -0.15) is 0 Å². The third-order valence-electron chi connectivity index (χ3n) is 2.42. The highest BCUT2D eigenvalue weighted by molar-refractivity contribution is 5.71. The van der Waals surface area contributed by atoms with E-state index in [2.05, 4.69) is 14.8 Å². The number of azide groups is 1. The number of hydrogen-bond donors (Lipinski definition) is 1. The molecule has 0 aromatic rings. The first-order valence-corrected chi connectivity index (χ1v) is 4.67. The number of esters is 1. The average Bonchev–Trinajstić information content (AvgIpc) is 2.55. The average molecular weight is 214 g/mol. The zero-order valence-corrected chi connectivity index (χ0v) is 8.54. The van der Waals surface area contributed by atoms with Crippen molar-refractivity contribution >= 4 is 5.97 Å². The number of hydrogen-bond acceptors (Lipinski definition) is 5. The van der Waals surface area contributed by atoms with Crippen molar-refractivity contribution in [1.82, 2.24) is 4.90 Å². The second-order valence-electron chi connectivity index (χ2n) is 3.46. The van der Waals surface area contributed by atoms with Gasteiger partial charge in [0, 0.05) is 24.0 Å². The summed E-state index contributed by atoms with van der Waals surface area (Å²) in [6.45, 7) is 0.810. The van der Waals surface area contributed by atoms with Crippen LogP contribution in [0.4, 0.5) is 0 Å². The van der Waals surface area contributed by atoms with Crippen molar-refractivity contribution in [3.63, 3.8) is 0 Å². The van der Waals surface area contributed by atoms with Gasteiger partial charge in [0.2, 0.25) is 0 Å². The molecule has 1 heterocycles. The van der Waals surface area contributed by atoms with Gasteiger partial charge in [-0.3, -0.25) is 9.69 Å². The van der Waals surface area contributed by atoms with Crippen molar-refractivity contribution in [2.24, 2.45) is 5.11 Å². The van der Waals surface area contributed by atoms with E-state index in [-0.39, 0.29) is 25.1 Å². The van der Waals surface area contributed by atoms with E-state index >= 15 is 0 Å². The topological polar surface area (TPSA) is 98.5 Å². The fraction of sp³-hybridized carbons (Fsp3) is 0.875. The molecule has 0 unspecified atom stereocenters. The number of nitrogens with zero attached hydrogens (tertiary/aromatic N) is 4. The molecule has 1 aliphatic heterocycles. The molecular formula is C8H14N4O3. The first-order valence-electron chi connectivity index (χ1n) is 4.67. The number of carbonyl (C=O) groups excluding carboxylic acids is 1. The molecule has 1 rings (SSSR count). The molecule has 7 nitrogen and oxygen atoms in total. The molecular weight excluding hydrogens is 200 g/mol. The summed E-state index contributed by atoms with van der Waals surface area (Å²) in [6, 6.07) is -0.0741. The van der Waals surface area contributed by atoms with Crippen LogP contribution in [0.3, 0.4) is 0 Å². The van der Waals surface area contributed by atoms with Crippen LogP contribution >= 0.6 is 0 Å². The SMILES string of the molecule is COC(=O)CN1C[C@@H](O)C[C@@H]1CN=[N+]=[N-]. The fourth-order valence-corrected chi connectivity index (χ4v) is 1.70. The standard InChI is InChI=1S/C8H14N4O3/c1-15-8(14)5-12-4-7(13)2-6(12)3-10-11-9/h6-7,13H,2-5H2,1H3/t6-,7+/m1/s1. The molecule has 0 saturated carbocycles. The van der Waals surface area contributed by atoms with Gasteiger partial charge in [-0.05, 0) is 12.0 Å².